The number of ether oxygens (including phenoxy) is 7. The molecule has 0 radical (unpaired) electrons. The first-order chi connectivity index (χ1) is 36.6. The van der Waals surface area contributed by atoms with Gasteiger partial charge < -0.3 is 94.4 Å². The fourth-order valence-corrected chi connectivity index (χ4v) is 9.70. The van der Waals surface area contributed by atoms with E-state index in [9.17, 15) is 61.3 Å². The van der Waals surface area contributed by atoms with Gasteiger partial charge in [0.1, 0.15) is 101 Å². The number of rotatable bonds is 9. The zero-order valence-corrected chi connectivity index (χ0v) is 41.0. The quantitative estimate of drug-likeness (QED) is 0.0988. The summed E-state index contributed by atoms with van der Waals surface area (Å²) in [6.07, 6.45) is -10.8. The molecule has 2 saturated heterocycles. The molecule has 2 fully saturated rings. The Morgan fingerprint density at radius 1 is 0.368 bits per heavy atom. The van der Waals surface area contributed by atoms with Gasteiger partial charge in [-0.1, -0.05) is 54.6 Å². The van der Waals surface area contributed by atoms with Crippen molar-refractivity contribution in [3.63, 3.8) is 0 Å². The fraction of sp³-hybridized carbons (Fsp3) is 0.368. The lowest BCUT2D eigenvalue weighted by molar-refractivity contribution is -0.277. The van der Waals surface area contributed by atoms with Crippen LogP contribution in [0.15, 0.2) is 127 Å². The van der Waals surface area contributed by atoms with Gasteiger partial charge in [0.25, 0.3) is 0 Å². The number of aliphatic hydroxyl groups excluding tert-OH is 8. The van der Waals surface area contributed by atoms with Crippen molar-refractivity contribution >= 4 is 0 Å². The molecule has 0 saturated carbocycles. The first kappa shape index (κ1) is 53.9. The summed E-state index contributed by atoms with van der Waals surface area (Å²) in [7, 11) is 0. The average Bonchev–Trinajstić information content (AvgIpc) is 3.44. The minimum atomic E-state index is -1.49. The highest BCUT2D eigenvalue weighted by atomic mass is 16.7. The summed E-state index contributed by atoms with van der Waals surface area (Å²) in [4.78, 5) is 0. The van der Waals surface area contributed by atoms with Gasteiger partial charge in [0.2, 0.25) is 12.6 Å². The van der Waals surface area contributed by atoms with Crippen molar-refractivity contribution in [2.75, 3.05) is 33.0 Å². The normalized spacial score (nSPS) is 28.3. The van der Waals surface area contributed by atoms with Gasteiger partial charge in [-0.25, -0.2) is 0 Å². The summed E-state index contributed by atoms with van der Waals surface area (Å²) >= 11 is 0. The van der Waals surface area contributed by atoms with E-state index < -0.39 is 74.6 Å². The van der Waals surface area contributed by atoms with Gasteiger partial charge in [-0.3, -0.25) is 0 Å². The van der Waals surface area contributed by atoms with Crippen molar-refractivity contribution in [2.45, 2.75) is 98.4 Å². The number of phenolic OH excluding ortho intramolecular Hbond substituents is 4. The van der Waals surface area contributed by atoms with Crippen molar-refractivity contribution in [1.82, 2.24) is 0 Å². The molecule has 5 heterocycles. The maximum Gasteiger partial charge on any atom is 0.229 e. The third-order valence-corrected chi connectivity index (χ3v) is 14.1. The average molecular weight is 1050 g/mol. The van der Waals surface area contributed by atoms with Gasteiger partial charge in [0, 0.05) is 36.0 Å². The third-order valence-electron chi connectivity index (χ3n) is 14.1. The van der Waals surface area contributed by atoms with Crippen LogP contribution in [-0.2, 0) is 28.7 Å². The van der Waals surface area contributed by atoms with E-state index in [1.807, 2.05) is 54.6 Å². The highest BCUT2D eigenvalue weighted by molar-refractivity contribution is 5.46. The molecule has 404 valence electrons. The van der Waals surface area contributed by atoms with Gasteiger partial charge in [-0.2, -0.15) is 0 Å². The zero-order chi connectivity index (χ0) is 53.6. The molecule has 6 aromatic carbocycles. The minimum Gasteiger partial charge on any atom is -0.508 e. The molecule has 12 N–H and O–H groups in total. The van der Waals surface area contributed by atoms with Crippen molar-refractivity contribution in [2.24, 2.45) is 0 Å². The first-order valence-electron chi connectivity index (χ1n) is 24.9. The Labute approximate surface area is 437 Å². The molecule has 19 nitrogen and oxygen atoms in total. The molecule has 0 aliphatic carbocycles. The number of fused-ring (bicyclic) bond motifs is 3. The molecule has 5 aliphatic rings. The van der Waals surface area contributed by atoms with Crippen LogP contribution in [0.2, 0.25) is 0 Å². The summed E-state index contributed by atoms with van der Waals surface area (Å²) in [6.45, 7) is 0.535. The largest absolute Gasteiger partial charge is 0.508 e. The van der Waals surface area contributed by atoms with Crippen LogP contribution in [0, 0.1) is 0 Å². The molecule has 13 atom stereocenters. The van der Waals surface area contributed by atoms with Gasteiger partial charge in [-0.15, -0.1) is 0 Å². The number of hydrogen-bond acceptors (Lipinski definition) is 19. The number of aliphatic hydroxyl groups is 8. The zero-order valence-electron chi connectivity index (χ0n) is 41.0. The van der Waals surface area contributed by atoms with Crippen LogP contribution >= 0.6 is 0 Å². The van der Waals surface area contributed by atoms with E-state index in [0.29, 0.717) is 48.7 Å². The number of aromatic hydroxyl groups is 4. The highest BCUT2D eigenvalue weighted by Crippen LogP contribution is 2.39. The van der Waals surface area contributed by atoms with Gasteiger partial charge >= 0.3 is 0 Å². The van der Waals surface area contributed by atoms with Crippen molar-refractivity contribution in [3.05, 3.63) is 161 Å². The summed E-state index contributed by atoms with van der Waals surface area (Å²) in [5, 5.41) is 116. The summed E-state index contributed by atoms with van der Waals surface area (Å²) in [6, 6.07) is 37.1. The molecule has 4 unspecified atom stereocenters. The van der Waals surface area contributed by atoms with Gasteiger partial charge in [0.05, 0.1) is 33.0 Å². The smallest absolute Gasteiger partial charge is 0.229 e. The van der Waals surface area contributed by atoms with E-state index in [4.69, 9.17) is 33.2 Å². The predicted octanol–water partition coefficient (Wildman–Crippen LogP) is 3.40. The SMILES string of the molecule is OCC1O[C@H](Oc2ccc([C@@H]3COc4cc(O)ccc4C3)cc2)C(O)[C@@H](O)[C@@H]1O.OCC1O[C@H](Oc2ccc3c(c2)OC[C@@H](c2ccc(O)cc2)C3)C(O)[C@@H](O)[C@@H]1O.Oc1ccc([C@@H]2COc3cc(O)ccc3C2)cc1. The molecule has 19 heteroatoms. The molecule has 11 rings (SSSR count). The number of phenols is 4. The highest BCUT2D eigenvalue weighted by Gasteiger charge is 2.46. The standard InChI is InChI=1S/2C21H24O8.C15H14O3/c22-9-17-18(24)19(25)20(26)21(29-17)28-15-5-2-11(3-6-15)13-7-12-1-4-14(23)8-16(12)27-10-13;22-9-17-18(24)19(25)20(26)21(29-17)28-15-6-3-12-7-13(10-27-16(12)8-15)11-1-4-14(23)5-2-11;16-13-4-1-10(2-5-13)12-7-11-3-6-14(17)8-15(11)18-9-12/h2*1-6,8,13,17-26H,7,9-10H2;1-6,8,12,16-17H,7,9H2/t2*13-,17?,18+,19-,20?,21-;12-/m000/s1. The first-order valence-corrected chi connectivity index (χ1v) is 24.9. The molecule has 0 amide bonds. The minimum absolute atomic E-state index is 0.147. The molecule has 0 bridgehead atoms. The van der Waals surface area contributed by atoms with Crippen LogP contribution in [0.4, 0.5) is 0 Å². The van der Waals surface area contributed by atoms with Crippen LogP contribution in [0.3, 0.4) is 0 Å². The molecule has 6 aromatic rings. The van der Waals surface area contributed by atoms with Crippen LogP contribution < -0.4 is 23.7 Å². The maximum absolute atomic E-state index is 10.1. The van der Waals surface area contributed by atoms with Crippen LogP contribution in [0.25, 0.3) is 0 Å². The fourth-order valence-electron chi connectivity index (χ4n) is 9.70. The number of hydrogen-bond donors (Lipinski definition) is 12. The summed E-state index contributed by atoms with van der Waals surface area (Å²) in [5.74, 6) is 4.43. The second kappa shape index (κ2) is 24.0. The molecule has 0 spiro atoms. The Kier molecular flexibility index (Phi) is 17.0. The summed E-state index contributed by atoms with van der Waals surface area (Å²) in [5.41, 5.74) is 6.42. The van der Waals surface area contributed by atoms with E-state index >= 15 is 0 Å². The second-order valence-corrected chi connectivity index (χ2v) is 19.4. The van der Waals surface area contributed by atoms with Crippen molar-refractivity contribution in [3.8, 4) is 51.7 Å². The van der Waals surface area contributed by atoms with E-state index in [1.165, 1.54) is 0 Å². The maximum atomic E-state index is 10.1. The Hall–Kier alpha value is -6.88. The lowest BCUT2D eigenvalue weighted by atomic mass is 9.90. The third kappa shape index (κ3) is 12.5. The van der Waals surface area contributed by atoms with E-state index in [-0.39, 0.29) is 34.8 Å². The van der Waals surface area contributed by atoms with Crippen LogP contribution in [-0.4, -0.2) is 156 Å². The van der Waals surface area contributed by atoms with Gasteiger partial charge in [0.15, 0.2) is 0 Å². The molecule has 76 heavy (non-hydrogen) atoms. The molecule has 0 aromatic heterocycles. The van der Waals surface area contributed by atoms with Crippen LogP contribution in [0.1, 0.15) is 51.1 Å². The van der Waals surface area contributed by atoms with Crippen molar-refractivity contribution < 1.29 is 94.4 Å². The topological polar surface area (TPSA) is 307 Å². The van der Waals surface area contributed by atoms with E-state index in [0.717, 1.165) is 58.4 Å². The monoisotopic (exact) mass is 1050 g/mol. The Bertz CT molecular complexity index is 2840. The lowest BCUT2D eigenvalue weighted by Gasteiger charge is -2.39. The van der Waals surface area contributed by atoms with Crippen molar-refractivity contribution in [1.29, 1.82) is 0 Å². The van der Waals surface area contributed by atoms with Gasteiger partial charge in [-0.05, 0) is 107 Å². The van der Waals surface area contributed by atoms with E-state index in [1.54, 1.807) is 72.8 Å². The Morgan fingerprint density at radius 2 is 0.697 bits per heavy atom. The molecular formula is C57H62O19. The number of benzene rings is 6. The summed E-state index contributed by atoms with van der Waals surface area (Å²) < 4.78 is 39.3. The second-order valence-electron chi connectivity index (χ2n) is 19.4. The Balaban J connectivity index is 0.000000143. The van der Waals surface area contributed by atoms with E-state index in [2.05, 4.69) is 0 Å². The predicted molar refractivity (Wildman–Crippen MR) is 270 cm³/mol. The Morgan fingerprint density at radius 3 is 1.09 bits per heavy atom. The molecule has 5 aliphatic heterocycles. The van der Waals surface area contributed by atoms with Crippen LogP contribution in [0.5, 0.6) is 51.7 Å². The molecular weight excluding hydrogens is 989 g/mol. The lowest BCUT2D eigenvalue weighted by Crippen LogP contribution is -2.60.